The lowest BCUT2D eigenvalue weighted by Crippen LogP contribution is -2.27. The molecule has 0 saturated heterocycles. The summed E-state index contributed by atoms with van der Waals surface area (Å²) in [6, 6.07) is 13.4. The Morgan fingerprint density at radius 3 is 2.54 bits per heavy atom. The van der Waals surface area contributed by atoms with E-state index in [4.69, 9.17) is 15.2 Å². The average molecular weight is 381 g/mol. The number of pyridine rings is 1. The second-order valence-corrected chi connectivity index (χ2v) is 6.42. The zero-order chi connectivity index (χ0) is 19.7. The predicted octanol–water partition coefficient (Wildman–Crippen LogP) is 3.62. The highest BCUT2D eigenvalue weighted by molar-refractivity contribution is 5.75. The summed E-state index contributed by atoms with van der Waals surface area (Å²) in [5.74, 6) is -0.804. The van der Waals surface area contributed by atoms with Crippen LogP contribution in [-0.4, -0.2) is 24.7 Å². The molecule has 0 spiro atoms. The van der Waals surface area contributed by atoms with E-state index in [0.29, 0.717) is 11.1 Å². The minimum atomic E-state index is -1.02. The molecule has 7 heteroatoms. The first-order valence-electron chi connectivity index (χ1n) is 8.55. The molecule has 2 N–H and O–H groups in total. The van der Waals surface area contributed by atoms with Crippen molar-refractivity contribution < 1.29 is 18.3 Å². The zero-order valence-electron chi connectivity index (χ0n) is 15.0. The summed E-state index contributed by atoms with van der Waals surface area (Å²) in [6.07, 6.45) is 2.72. The second kappa shape index (κ2) is 6.92. The van der Waals surface area contributed by atoms with Gasteiger partial charge < -0.3 is 15.2 Å². The number of nitrogens with zero attached hydrogens (tertiary/aromatic N) is 2. The quantitative estimate of drug-likeness (QED) is 0.749. The Kier molecular flexibility index (Phi) is 4.43. The van der Waals surface area contributed by atoms with E-state index in [-0.39, 0.29) is 18.4 Å². The molecule has 3 aromatic rings. The van der Waals surface area contributed by atoms with Crippen LogP contribution < -0.4 is 10.5 Å². The van der Waals surface area contributed by atoms with Crippen molar-refractivity contribution in [2.45, 2.75) is 5.54 Å². The number of ether oxygens (including phenoxy) is 2. The molecule has 0 fully saturated rings. The van der Waals surface area contributed by atoms with Gasteiger partial charge in [-0.15, -0.1) is 0 Å². The SMILES string of the molecule is COc1ccc([C@@]2(c3cccc(-c4cncc(F)c4)c3)COC(N)=N2)cc1F. The lowest BCUT2D eigenvalue weighted by atomic mass is 9.83. The van der Waals surface area contributed by atoms with Gasteiger partial charge in [0.1, 0.15) is 12.4 Å². The van der Waals surface area contributed by atoms with Gasteiger partial charge in [-0.3, -0.25) is 4.98 Å². The molecule has 1 aromatic heterocycles. The summed E-state index contributed by atoms with van der Waals surface area (Å²) in [5.41, 5.74) is 7.45. The van der Waals surface area contributed by atoms with Crippen LogP contribution in [0.3, 0.4) is 0 Å². The molecule has 1 atom stereocenters. The predicted molar refractivity (Wildman–Crippen MR) is 101 cm³/mol. The van der Waals surface area contributed by atoms with Gasteiger partial charge in [0.25, 0.3) is 6.02 Å². The van der Waals surface area contributed by atoms with Crippen LogP contribution in [0.2, 0.25) is 0 Å². The van der Waals surface area contributed by atoms with Gasteiger partial charge in [0.2, 0.25) is 0 Å². The average Bonchev–Trinajstić information content (AvgIpc) is 3.11. The highest BCUT2D eigenvalue weighted by Crippen LogP contribution is 2.40. The lowest BCUT2D eigenvalue weighted by Gasteiger charge is -2.26. The normalized spacial score (nSPS) is 18.5. The van der Waals surface area contributed by atoms with Gasteiger partial charge in [-0.25, -0.2) is 13.8 Å². The van der Waals surface area contributed by atoms with E-state index in [1.165, 1.54) is 25.3 Å². The van der Waals surface area contributed by atoms with E-state index >= 15 is 0 Å². The first kappa shape index (κ1) is 17.9. The van der Waals surface area contributed by atoms with Crippen LogP contribution in [0.4, 0.5) is 8.78 Å². The smallest absolute Gasteiger partial charge is 0.283 e. The van der Waals surface area contributed by atoms with Crippen LogP contribution in [0.15, 0.2) is 65.9 Å². The molecule has 2 heterocycles. The fourth-order valence-corrected chi connectivity index (χ4v) is 3.34. The Balaban J connectivity index is 1.86. The standard InChI is InChI=1S/C21H17F2N3O2/c1-27-19-6-5-16(9-18(19)23)21(12-28-20(24)26-21)15-4-2-3-13(7-15)14-8-17(22)11-25-10-14/h2-11H,12H2,1H3,(H2,24,26)/t21-/m0/s1. The number of hydrogen-bond donors (Lipinski definition) is 1. The van der Waals surface area contributed by atoms with Crippen molar-refractivity contribution in [3.63, 3.8) is 0 Å². The number of rotatable bonds is 4. The summed E-state index contributed by atoms with van der Waals surface area (Å²) < 4.78 is 38.4. The molecule has 0 aliphatic carbocycles. The fraction of sp³-hybridized carbons (Fsp3) is 0.143. The van der Waals surface area contributed by atoms with E-state index in [9.17, 15) is 8.78 Å². The van der Waals surface area contributed by atoms with Gasteiger partial charge in [-0.1, -0.05) is 24.3 Å². The summed E-state index contributed by atoms with van der Waals surface area (Å²) in [7, 11) is 1.40. The molecule has 0 amide bonds. The molecule has 0 bridgehead atoms. The number of amidine groups is 1. The van der Waals surface area contributed by atoms with Crippen LogP contribution in [0.25, 0.3) is 11.1 Å². The second-order valence-electron chi connectivity index (χ2n) is 6.42. The Hall–Kier alpha value is -3.48. The highest BCUT2D eigenvalue weighted by Gasteiger charge is 2.40. The van der Waals surface area contributed by atoms with Gasteiger partial charge in [-0.2, -0.15) is 0 Å². The maximum absolute atomic E-state index is 14.4. The lowest BCUT2D eigenvalue weighted by molar-refractivity contribution is 0.278. The van der Waals surface area contributed by atoms with E-state index in [0.717, 1.165) is 17.3 Å². The number of benzene rings is 2. The van der Waals surface area contributed by atoms with Crippen LogP contribution in [0.5, 0.6) is 5.75 Å². The topological polar surface area (TPSA) is 69.7 Å². The van der Waals surface area contributed by atoms with E-state index in [2.05, 4.69) is 9.98 Å². The Morgan fingerprint density at radius 2 is 1.86 bits per heavy atom. The maximum Gasteiger partial charge on any atom is 0.283 e. The van der Waals surface area contributed by atoms with Crippen molar-refractivity contribution in [3.05, 3.63) is 83.7 Å². The number of nitrogens with two attached hydrogens (primary N) is 1. The van der Waals surface area contributed by atoms with Gasteiger partial charge in [0.15, 0.2) is 17.1 Å². The largest absolute Gasteiger partial charge is 0.494 e. The zero-order valence-corrected chi connectivity index (χ0v) is 15.0. The third-order valence-corrected chi connectivity index (χ3v) is 4.74. The molecule has 2 aromatic carbocycles. The Morgan fingerprint density at radius 1 is 1.04 bits per heavy atom. The number of methoxy groups -OCH3 is 1. The molecular weight excluding hydrogens is 364 g/mol. The van der Waals surface area contributed by atoms with E-state index < -0.39 is 17.2 Å². The van der Waals surface area contributed by atoms with Crippen LogP contribution in [0, 0.1) is 11.6 Å². The number of halogens is 2. The van der Waals surface area contributed by atoms with Crippen molar-refractivity contribution >= 4 is 6.02 Å². The number of hydrogen-bond acceptors (Lipinski definition) is 5. The molecule has 142 valence electrons. The monoisotopic (exact) mass is 381 g/mol. The molecule has 28 heavy (non-hydrogen) atoms. The molecule has 0 radical (unpaired) electrons. The molecule has 0 unspecified atom stereocenters. The summed E-state index contributed by atoms with van der Waals surface area (Å²) in [6.45, 7) is 0.120. The minimum absolute atomic E-state index is 0.0223. The molecular formula is C21H17F2N3O2. The third-order valence-electron chi connectivity index (χ3n) is 4.74. The first-order valence-corrected chi connectivity index (χ1v) is 8.55. The first-order chi connectivity index (χ1) is 13.5. The molecule has 5 nitrogen and oxygen atoms in total. The van der Waals surface area contributed by atoms with Crippen LogP contribution >= 0.6 is 0 Å². The van der Waals surface area contributed by atoms with Crippen molar-refractivity contribution in [2.24, 2.45) is 10.7 Å². The Bertz CT molecular complexity index is 1070. The molecule has 4 rings (SSSR count). The summed E-state index contributed by atoms with van der Waals surface area (Å²) in [5, 5.41) is 0. The number of aliphatic imine (C=N–C) groups is 1. The van der Waals surface area contributed by atoms with Gasteiger partial charge >= 0.3 is 0 Å². The molecule has 1 aliphatic heterocycles. The fourth-order valence-electron chi connectivity index (χ4n) is 3.34. The van der Waals surface area contributed by atoms with Crippen LogP contribution in [0.1, 0.15) is 11.1 Å². The third kappa shape index (κ3) is 3.05. The molecule has 0 saturated carbocycles. The summed E-state index contributed by atoms with van der Waals surface area (Å²) in [4.78, 5) is 8.38. The van der Waals surface area contributed by atoms with Gasteiger partial charge in [-0.05, 0) is 41.0 Å². The number of aromatic nitrogens is 1. The van der Waals surface area contributed by atoms with E-state index in [1.54, 1.807) is 12.3 Å². The van der Waals surface area contributed by atoms with Crippen molar-refractivity contribution in [1.29, 1.82) is 0 Å². The molecule has 1 aliphatic rings. The van der Waals surface area contributed by atoms with E-state index in [1.807, 2.05) is 24.3 Å². The van der Waals surface area contributed by atoms with Crippen molar-refractivity contribution in [3.8, 4) is 16.9 Å². The van der Waals surface area contributed by atoms with Crippen molar-refractivity contribution in [2.75, 3.05) is 13.7 Å². The van der Waals surface area contributed by atoms with Gasteiger partial charge in [0.05, 0.1) is 13.3 Å². The Labute approximate surface area is 160 Å². The van der Waals surface area contributed by atoms with Gasteiger partial charge in [0, 0.05) is 11.8 Å². The van der Waals surface area contributed by atoms with Crippen LogP contribution in [-0.2, 0) is 10.3 Å². The maximum atomic E-state index is 14.4. The highest BCUT2D eigenvalue weighted by atomic mass is 19.1. The minimum Gasteiger partial charge on any atom is -0.494 e. The van der Waals surface area contributed by atoms with Crippen molar-refractivity contribution in [1.82, 2.24) is 4.98 Å². The summed E-state index contributed by atoms with van der Waals surface area (Å²) >= 11 is 0.